The van der Waals surface area contributed by atoms with Crippen molar-refractivity contribution in [2.45, 2.75) is 65.8 Å². The zero-order valence-electron chi connectivity index (χ0n) is 13.0. The van der Waals surface area contributed by atoms with Gasteiger partial charge in [-0.3, -0.25) is 0 Å². The van der Waals surface area contributed by atoms with E-state index in [1.807, 2.05) is 0 Å². The highest BCUT2D eigenvalue weighted by Crippen LogP contribution is 2.28. The maximum Gasteiger partial charge on any atom is 0.00956 e. The molecular formula is C16H34N2. The van der Waals surface area contributed by atoms with Gasteiger partial charge in [0.25, 0.3) is 0 Å². The topological polar surface area (TPSA) is 15.3 Å². The van der Waals surface area contributed by atoms with Crippen molar-refractivity contribution in [1.29, 1.82) is 0 Å². The predicted octanol–water partition coefficient (Wildman–Crippen LogP) is 3.52. The van der Waals surface area contributed by atoms with E-state index in [2.05, 4.69) is 37.9 Å². The Labute approximate surface area is 115 Å². The molecule has 2 heteroatoms. The van der Waals surface area contributed by atoms with E-state index in [1.54, 1.807) is 0 Å². The molecule has 1 aliphatic carbocycles. The van der Waals surface area contributed by atoms with Gasteiger partial charge in [-0.05, 0) is 50.7 Å². The van der Waals surface area contributed by atoms with Crippen molar-refractivity contribution in [3.63, 3.8) is 0 Å². The number of hydrogen-bond acceptors (Lipinski definition) is 2. The summed E-state index contributed by atoms with van der Waals surface area (Å²) in [4.78, 5) is 2.65. The van der Waals surface area contributed by atoms with Crippen LogP contribution in [0.5, 0.6) is 0 Å². The molecule has 3 atom stereocenters. The maximum atomic E-state index is 3.67. The third-order valence-electron chi connectivity index (χ3n) is 4.66. The lowest BCUT2D eigenvalue weighted by Crippen LogP contribution is -2.35. The first-order chi connectivity index (χ1) is 8.71. The summed E-state index contributed by atoms with van der Waals surface area (Å²) in [6.07, 6.45) is 6.97. The summed E-state index contributed by atoms with van der Waals surface area (Å²) in [5.74, 6) is 1.77. The molecule has 3 unspecified atom stereocenters. The van der Waals surface area contributed by atoms with Crippen LogP contribution in [0.15, 0.2) is 0 Å². The Balaban J connectivity index is 2.28. The van der Waals surface area contributed by atoms with E-state index >= 15 is 0 Å². The average molecular weight is 254 g/mol. The van der Waals surface area contributed by atoms with Crippen molar-refractivity contribution >= 4 is 0 Å². The molecule has 0 aromatic rings. The minimum Gasteiger partial charge on any atom is -0.314 e. The monoisotopic (exact) mass is 254 g/mol. The van der Waals surface area contributed by atoms with Crippen molar-refractivity contribution in [3.05, 3.63) is 0 Å². The van der Waals surface area contributed by atoms with E-state index in [0.29, 0.717) is 0 Å². The lowest BCUT2D eigenvalue weighted by atomic mass is 9.98. The van der Waals surface area contributed by atoms with Crippen LogP contribution in [0, 0.1) is 11.8 Å². The van der Waals surface area contributed by atoms with Crippen molar-refractivity contribution in [1.82, 2.24) is 10.2 Å². The van der Waals surface area contributed by atoms with Gasteiger partial charge in [-0.2, -0.15) is 0 Å². The molecule has 1 N–H and O–H groups in total. The lowest BCUT2D eigenvalue weighted by molar-refractivity contribution is 0.221. The van der Waals surface area contributed by atoms with E-state index in [-0.39, 0.29) is 0 Å². The normalized spacial score (nSPS) is 25.8. The Kier molecular flexibility index (Phi) is 7.92. The van der Waals surface area contributed by atoms with Crippen LogP contribution in [0.25, 0.3) is 0 Å². The Morgan fingerprint density at radius 3 is 2.61 bits per heavy atom. The van der Waals surface area contributed by atoms with Crippen LogP contribution >= 0.6 is 0 Å². The third-order valence-corrected chi connectivity index (χ3v) is 4.66. The first-order valence-corrected chi connectivity index (χ1v) is 8.16. The second-order valence-corrected chi connectivity index (χ2v) is 6.05. The number of nitrogens with zero attached hydrogens (tertiary/aromatic N) is 1. The van der Waals surface area contributed by atoms with Crippen molar-refractivity contribution in [3.8, 4) is 0 Å². The Bertz CT molecular complexity index is 205. The smallest absolute Gasteiger partial charge is 0.00956 e. The molecule has 0 aromatic heterocycles. The Morgan fingerprint density at radius 1 is 1.22 bits per heavy atom. The van der Waals surface area contributed by atoms with Crippen molar-refractivity contribution in [2.24, 2.45) is 11.8 Å². The Hall–Kier alpha value is -0.0800. The van der Waals surface area contributed by atoms with E-state index in [0.717, 1.165) is 24.4 Å². The molecule has 0 radical (unpaired) electrons. The van der Waals surface area contributed by atoms with Crippen LogP contribution in [0.2, 0.25) is 0 Å². The molecule has 0 bridgehead atoms. The molecule has 1 saturated carbocycles. The fourth-order valence-electron chi connectivity index (χ4n) is 3.21. The van der Waals surface area contributed by atoms with Crippen LogP contribution < -0.4 is 5.32 Å². The van der Waals surface area contributed by atoms with Gasteiger partial charge < -0.3 is 10.2 Å². The van der Waals surface area contributed by atoms with Gasteiger partial charge in [-0.15, -0.1) is 0 Å². The fourth-order valence-corrected chi connectivity index (χ4v) is 3.21. The maximum absolute atomic E-state index is 3.67. The predicted molar refractivity (Wildman–Crippen MR) is 81.0 cm³/mol. The van der Waals surface area contributed by atoms with E-state index in [4.69, 9.17) is 0 Å². The summed E-state index contributed by atoms with van der Waals surface area (Å²) in [5.41, 5.74) is 0. The molecule has 1 aliphatic rings. The van der Waals surface area contributed by atoms with Crippen LogP contribution in [0.3, 0.4) is 0 Å². The summed E-state index contributed by atoms with van der Waals surface area (Å²) in [6, 6.07) is 0.803. The highest BCUT2D eigenvalue weighted by Gasteiger charge is 2.26. The molecular weight excluding hydrogens is 220 g/mol. The van der Waals surface area contributed by atoms with Gasteiger partial charge in [-0.25, -0.2) is 0 Å². The second kappa shape index (κ2) is 8.92. The first-order valence-electron chi connectivity index (χ1n) is 8.16. The third kappa shape index (κ3) is 5.27. The van der Waals surface area contributed by atoms with Gasteiger partial charge >= 0.3 is 0 Å². The number of nitrogens with one attached hydrogen (secondary N) is 1. The summed E-state index contributed by atoms with van der Waals surface area (Å²) in [5, 5.41) is 3.67. The van der Waals surface area contributed by atoms with Crippen molar-refractivity contribution in [2.75, 3.05) is 26.2 Å². The molecule has 2 nitrogen and oxygen atoms in total. The summed E-state index contributed by atoms with van der Waals surface area (Å²) in [7, 11) is 0. The molecule has 108 valence electrons. The van der Waals surface area contributed by atoms with E-state index < -0.39 is 0 Å². The zero-order chi connectivity index (χ0) is 13.4. The first kappa shape index (κ1) is 16.0. The van der Waals surface area contributed by atoms with E-state index in [9.17, 15) is 0 Å². The molecule has 0 aliphatic heterocycles. The van der Waals surface area contributed by atoms with Gasteiger partial charge in [0.05, 0.1) is 0 Å². The molecule has 18 heavy (non-hydrogen) atoms. The molecule has 0 heterocycles. The quantitative estimate of drug-likeness (QED) is 0.677. The minimum atomic E-state index is 0.803. The molecule has 1 rings (SSSR count). The van der Waals surface area contributed by atoms with Crippen LogP contribution in [0.4, 0.5) is 0 Å². The molecule has 1 fully saturated rings. The van der Waals surface area contributed by atoms with Gasteiger partial charge in [0.15, 0.2) is 0 Å². The minimum absolute atomic E-state index is 0.803. The van der Waals surface area contributed by atoms with Crippen molar-refractivity contribution < 1.29 is 0 Å². The largest absolute Gasteiger partial charge is 0.314 e. The molecule has 0 saturated heterocycles. The summed E-state index contributed by atoms with van der Waals surface area (Å²) >= 11 is 0. The number of rotatable bonds is 9. The SMILES string of the molecule is CCNC1CCCC1CCN(CC)CC(C)CC. The van der Waals surface area contributed by atoms with Gasteiger partial charge in [0.2, 0.25) is 0 Å². The van der Waals surface area contributed by atoms with Crippen LogP contribution in [0.1, 0.15) is 59.8 Å². The van der Waals surface area contributed by atoms with Gasteiger partial charge in [0.1, 0.15) is 0 Å². The highest BCUT2D eigenvalue weighted by atomic mass is 15.1. The Morgan fingerprint density at radius 2 is 2.00 bits per heavy atom. The molecule has 0 spiro atoms. The molecule has 0 amide bonds. The zero-order valence-corrected chi connectivity index (χ0v) is 13.0. The number of hydrogen-bond donors (Lipinski definition) is 1. The summed E-state index contributed by atoms with van der Waals surface area (Å²) < 4.78 is 0. The lowest BCUT2D eigenvalue weighted by Gasteiger charge is -2.27. The summed E-state index contributed by atoms with van der Waals surface area (Å²) in [6.45, 7) is 14.1. The second-order valence-electron chi connectivity index (χ2n) is 6.05. The highest BCUT2D eigenvalue weighted by molar-refractivity contribution is 4.83. The average Bonchev–Trinajstić information content (AvgIpc) is 2.82. The van der Waals surface area contributed by atoms with Crippen LogP contribution in [-0.4, -0.2) is 37.1 Å². The molecule has 0 aromatic carbocycles. The standard InChI is InChI=1S/C16H34N2/c1-5-14(4)13-18(7-3)12-11-15-9-8-10-16(15)17-6-2/h14-17H,5-13H2,1-4H3. The van der Waals surface area contributed by atoms with Gasteiger partial charge in [-0.1, -0.05) is 40.5 Å². The van der Waals surface area contributed by atoms with Crippen LogP contribution in [-0.2, 0) is 0 Å². The fraction of sp³-hybridized carbons (Fsp3) is 1.00. The van der Waals surface area contributed by atoms with Gasteiger partial charge in [0, 0.05) is 12.6 Å². The van der Waals surface area contributed by atoms with E-state index in [1.165, 1.54) is 51.7 Å².